The van der Waals surface area contributed by atoms with Crippen LogP contribution in [-0.2, 0) is 11.3 Å². The molecule has 4 nitrogen and oxygen atoms in total. The Morgan fingerprint density at radius 1 is 1.45 bits per heavy atom. The van der Waals surface area contributed by atoms with Crippen LogP contribution in [0.5, 0.6) is 0 Å². The lowest BCUT2D eigenvalue weighted by Gasteiger charge is -2.34. The number of amides is 1. The van der Waals surface area contributed by atoms with Crippen molar-refractivity contribution in [2.24, 2.45) is 0 Å². The van der Waals surface area contributed by atoms with Crippen molar-refractivity contribution in [1.82, 2.24) is 10.2 Å². The first-order valence-corrected chi connectivity index (χ1v) is 7.97. The van der Waals surface area contributed by atoms with Crippen LogP contribution in [0.15, 0.2) is 18.2 Å². The van der Waals surface area contributed by atoms with E-state index >= 15 is 0 Å². The molecule has 22 heavy (non-hydrogen) atoms. The highest BCUT2D eigenvalue weighted by atomic mass is 19.1. The lowest BCUT2D eigenvalue weighted by molar-refractivity contribution is -0.123. The third-order valence-electron chi connectivity index (χ3n) is 4.28. The van der Waals surface area contributed by atoms with Gasteiger partial charge in [-0.15, -0.1) is 0 Å². The Balaban J connectivity index is 1.82. The van der Waals surface area contributed by atoms with Gasteiger partial charge in [-0.3, -0.25) is 9.69 Å². The number of nitrogens with zero attached hydrogens (tertiary/aromatic N) is 1. The van der Waals surface area contributed by atoms with Gasteiger partial charge in [0.2, 0.25) is 5.91 Å². The van der Waals surface area contributed by atoms with Crippen molar-refractivity contribution in [3.05, 3.63) is 35.1 Å². The maximum absolute atomic E-state index is 13.5. The van der Waals surface area contributed by atoms with Crippen LogP contribution in [0.25, 0.3) is 0 Å². The van der Waals surface area contributed by atoms with Crippen LogP contribution in [0.3, 0.4) is 0 Å². The normalized spacial score (nSPS) is 19.1. The Morgan fingerprint density at radius 3 is 3.00 bits per heavy atom. The van der Waals surface area contributed by atoms with Crippen LogP contribution in [0.2, 0.25) is 0 Å². The van der Waals surface area contributed by atoms with Crippen LogP contribution in [0.1, 0.15) is 36.8 Å². The highest BCUT2D eigenvalue weighted by Crippen LogP contribution is 2.19. The molecule has 1 aromatic carbocycles. The minimum atomic E-state index is -0.245. The summed E-state index contributed by atoms with van der Waals surface area (Å²) in [5.74, 6) is -0.295. The number of rotatable bonds is 6. The number of piperidine rings is 1. The smallest absolute Gasteiger partial charge is 0.234 e. The van der Waals surface area contributed by atoms with Gasteiger partial charge in [-0.25, -0.2) is 4.39 Å². The largest absolute Gasteiger partial charge is 0.396 e. The molecule has 1 atom stereocenters. The lowest BCUT2D eigenvalue weighted by atomic mass is 9.99. The molecule has 1 amide bonds. The summed E-state index contributed by atoms with van der Waals surface area (Å²) in [6.45, 7) is 3.46. The summed E-state index contributed by atoms with van der Waals surface area (Å²) < 4.78 is 13.5. The van der Waals surface area contributed by atoms with Crippen LogP contribution in [0.4, 0.5) is 4.39 Å². The number of aliphatic hydroxyl groups is 1. The fourth-order valence-electron chi connectivity index (χ4n) is 2.93. The van der Waals surface area contributed by atoms with Gasteiger partial charge in [-0.1, -0.05) is 18.6 Å². The monoisotopic (exact) mass is 308 g/mol. The number of aryl methyl sites for hydroxylation is 1. The van der Waals surface area contributed by atoms with E-state index < -0.39 is 0 Å². The van der Waals surface area contributed by atoms with E-state index in [9.17, 15) is 9.18 Å². The molecular formula is C17H25FN2O2. The maximum Gasteiger partial charge on any atom is 0.234 e. The second-order valence-electron chi connectivity index (χ2n) is 5.99. The van der Waals surface area contributed by atoms with Crippen molar-refractivity contribution in [3.8, 4) is 0 Å². The number of carbonyl (C=O) groups excluding carboxylic acids is 1. The Kier molecular flexibility index (Phi) is 6.34. The fourth-order valence-corrected chi connectivity index (χ4v) is 2.93. The van der Waals surface area contributed by atoms with Crippen molar-refractivity contribution < 1.29 is 14.3 Å². The van der Waals surface area contributed by atoms with E-state index in [1.165, 1.54) is 6.07 Å². The Hall–Kier alpha value is -1.46. The highest BCUT2D eigenvalue weighted by Gasteiger charge is 2.23. The van der Waals surface area contributed by atoms with E-state index in [0.717, 1.165) is 37.8 Å². The average molecular weight is 308 g/mol. The maximum atomic E-state index is 13.5. The van der Waals surface area contributed by atoms with E-state index in [0.29, 0.717) is 24.7 Å². The Morgan fingerprint density at radius 2 is 2.27 bits per heavy atom. The van der Waals surface area contributed by atoms with E-state index in [-0.39, 0.29) is 18.3 Å². The SMILES string of the molecule is Cc1ccc(CNC(=O)CN2CCCCC2CCO)cc1F. The van der Waals surface area contributed by atoms with Crippen molar-refractivity contribution in [2.45, 2.75) is 45.2 Å². The second-order valence-corrected chi connectivity index (χ2v) is 5.99. The quantitative estimate of drug-likeness (QED) is 0.845. The summed E-state index contributed by atoms with van der Waals surface area (Å²) >= 11 is 0. The van der Waals surface area contributed by atoms with Gasteiger partial charge in [-0.2, -0.15) is 0 Å². The molecule has 2 N–H and O–H groups in total. The summed E-state index contributed by atoms with van der Waals surface area (Å²) in [6.07, 6.45) is 4.01. The Labute approximate surface area is 131 Å². The van der Waals surface area contributed by atoms with Crippen LogP contribution < -0.4 is 5.32 Å². The molecule has 122 valence electrons. The minimum Gasteiger partial charge on any atom is -0.396 e. The van der Waals surface area contributed by atoms with Gasteiger partial charge in [0.1, 0.15) is 5.82 Å². The van der Waals surface area contributed by atoms with Gasteiger partial charge in [0.15, 0.2) is 0 Å². The first kappa shape index (κ1) is 16.9. The molecule has 0 saturated carbocycles. The molecule has 1 aromatic rings. The Bertz CT molecular complexity index is 505. The molecule has 1 heterocycles. The number of aliphatic hydroxyl groups excluding tert-OH is 1. The third-order valence-corrected chi connectivity index (χ3v) is 4.28. The van der Waals surface area contributed by atoms with Gasteiger partial charge < -0.3 is 10.4 Å². The van der Waals surface area contributed by atoms with Gasteiger partial charge in [0.25, 0.3) is 0 Å². The van der Waals surface area contributed by atoms with Crippen molar-refractivity contribution in [2.75, 3.05) is 19.7 Å². The minimum absolute atomic E-state index is 0.0502. The first-order valence-electron chi connectivity index (χ1n) is 7.97. The molecule has 0 aromatic heterocycles. The molecule has 2 rings (SSSR count). The van der Waals surface area contributed by atoms with E-state index in [2.05, 4.69) is 10.2 Å². The average Bonchev–Trinajstić information content (AvgIpc) is 2.51. The number of halogens is 1. The zero-order valence-electron chi connectivity index (χ0n) is 13.1. The zero-order chi connectivity index (χ0) is 15.9. The zero-order valence-corrected chi connectivity index (χ0v) is 13.1. The molecule has 1 fully saturated rings. The molecule has 5 heteroatoms. The summed E-state index contributed by atoms with van der Waals surface area (Å²) in [4.78, 5) is 14.2. The van der Waals surface area contributed by atoms with E-state index in [1.54, 1.807) is 13.0 Å². The number of carbonyl (C=O) groups is 1. The summed E-state index contributed by atoms with van der Waals surface area (Å²) in [6, 6.07) is 5.30. The first-order chi connectivity index (χ1) is 10.6. The number of benzene rings is 1. The predicted octanol–water partition coefficient (Wildman–Crippen LogP) is 1.99. The molecule has 1 unspecified atom stereocenters. The molecular weight excluding hydrogens is 283 g/mol. The lowest BCUT2D eigenvalue weighted by Crippen LogP contribution is -2.45. The van der Waals surface area contributed by atoms with Gasteiger partial charge in [0, 0.05) is 19.2 Å². The molecule has 1 saturated heterocycles. The summed E-state index contributed by atoms with van der Waals surface area (Å²) in [5.41, 5.74) is 1.37. The van der Waals surface area contributed by atoms with Gasteiger partial charge in [0.05, 0.1) is 6.54 Å². The molecule has 0 bridgehead atoms. The predicted molar refractivity (Wildman–Crippen MR) is 83.9 cm³/mol. The molecule has 1 aliphatic heterocycles. The molecule has 0 radical (unpaired) electrons. The number of hydrogen-bond acceptors (Lipinski definition) is 3. The molecule has 1 aliphatic rings. The second kappa shape index (κ2) is 8.25. The van der Waals surface area contributed by atoms with Crippen LogP contribution >= 0.6 is 0 Å². The summed E-state index contributed by atoms with van der Waals surface area (Å²) in [5, 5.41) is 12.0. The number of hydrogen-bond donors (Lipinski definition) is 2. The van der Waals surface area contributed by atoms with Crippen molar-refractivity contribution in [3.63, 3.8) is 0 Å². The molecule has 0 aliphatic carbocycles. The number of likely N-dealkylation sites (tertiary alicyclic amines) is 1. The van der Waals surface area contributed by atoms with Crippen LogP contribution in [0, 0.1) is 12.7 Å². The number of nitrogens with one attached hydrogen (secondary N) is 1. The highest BCUT2D eigenvalue weighted by molar-refractivity contribution is 5.78. The van der Waals surface area contributed by atoms with Gasteiger partial charge >= 0.3 is 0 Å². The van der Waals surface area contributed by atoms with Gasteiger partial charge in [-0.05, 0) is 49.9 Å². The van der Waals surface area contributed by atoms with Crippen molar-refractivity contribution in [1.29, 1.82) is 0 Å². The molecule has 0 spiro atoms. The fraction of sp³-hybridized carbons (Fsp3) is 0.588. The standard InChI is InChI=1S/C17H25FN2O2/c1-13-5-6-14(10-16(13)18)11-19-17(22)12-20-8-3-2-4-15(20)7-9-21/h5-6,10,15,21H,2-4,7-9,11-12H2,1H3,(H,19,22). The van der Waals surface area contributed by atoms with Crippen LogP contribution in [-0.4, -0.2) is 41.7 Å². The topological polar surface area (TPSA) is 52.6 Å². The summed E-state index contributed by atoms with van der Waals surface area (Å²) in [7, 11) is 0. The van der Waals surface area contributed by atoms with Crippen molar-refractivity contribution >= 4 is 5.91 Å². The third kappa shape index (κ3) is 4.78. The van der Waals surface area contributed by atoms with E-state index in [1.807, 2.05) is 6.07 Å². The van der Waals surface area contributed by atoms with E-state index in [4.69, 9.17) is 5.11 Å².